The summed E-state index contributed by atoms with van der Waals surface area (Å²) in [5.41, 5.74) is -0.309. The number of halogens is 3. The van der Waals surface area contributed by atoms with E-state index in [4.69, 9.17) is 4.18 Å². The van der Waals surface area contributed by atoms with E-state index in [0.717, 1.165) is 23.8 Å². The minimum Gasteiger partial charge on any atom is -0.379 e. The van der Waals surface area contributed by atoms with Crippen molar-refractivity contribution in [2.75, 3.05) is 0 Å². The predicted octanol–water partition coefficient (Wildman–Crippen LogP) is 4.62. The van der Waals surface area contributed by atoms with Crippen LogP contribution in [-0.4, -0.2) is 25.3 Å². The number of nitrogens with zero attached hydrogens (tertiary/aromatic N) is 1. The first-order chi connectivity index (χ1) is 13.4. The molecule has 0 aliphatic heterocycles. The second-order valence-electron chi connectivity index (χ2n) is 6.68. The van der Waals surface area contributed by atoms with E-state index < -0.39 is 26.8 Å². The van der Waals surface area contributed by atoms with E-state index in [1.807, 2.05) is 13.8 Å². The maximum Gasteiger partial charge on any atom is 0.416 e. The first-order valence-corrected chi connectivity index (χ1v) is 10.3. The van der Waals surface area contributed by atoms with Crippen LogP contribution in [0.25, 0.3) is 0 Å². The minimum atomic E-state index is -4.66. The number of hydrogen-bond acceptors (Lipinski definition) is 4. The Labute approximate surface area is 168 Å². The molecule has 0 aliphatic rings. The maximum atomic E-state index is 12.8. The molecular weight excluding hydrogens is 407 g/mol. The van der Waals surface area contributed by atoms with Crippen LogP contribution in [0.1, 0.15) is 38.3 Å². The van der Waals surface area contributed by atoms with Gasteiger partial charge in [0.05, 0.1) is 5.56 Å². The third kappa shape index (κ3) is 5.96. The number of hydrogen-bond donors (Lipinski definition) is 0. The lowest BCUT2D eigenvalue weighted by Crippen LogP contribution is -2.35. The molecule has 0 N–H and O–H groups in total. The molecule has 0 heterocycles. The number of benzene rings is 2. The molecule has 158 valence electrons. The Hall–Kier alpha value is -2.55. The predicted molar refractivity (Wildman–Crippen MR) is 102 cm³/mol. The molecule has 5 nitrogen and oxygen atoms in total. The van der Waals surface area contributed by atoms with Gasteiger partial charge in [-0.3, -0.25) is 4.79 Å². The van der Waals surface area contributed by atoms with Gasteiger partial charge in [0, 0.05) is 19.0 Å². The molecule has 9 heteroatoms. The highest BCUT2D eigenvalue weighted by Crippen LogP contribution is 2.31. The standard InChI is InChI=1S/C20H22F3NO4S/c1-4-19(25)24(14(2)3)13-15-8-10-17(11-9-15)28-29(26,27)18-7-5-6-16(12-18)20(21,22)23/h5-12,14H,4,13H2,1-3H3. The number of rotatable bonds is 7. The van der Waals surface area contributed by atoms with E-state index in [0.29, 0.717) is 19.0 Å². The average Bonchev–Trinajstić information content (AvgIpc) is 2.65. The Morgan fingerprint density at radius 1 is 1.10 bits per heavy atom. The Morgan fingerprint density at radius 2 is 1.72 bits per heavy atom. The fraction of sp³-hybridized carbons (Fsp3) is 0.350. The van der Waals surface area contributed by atoms with Crippen LogP contribution in [-0.2, 0) is 27.6 Å². The van der Waals surface area contributed by atoms with Crippen LogP contribution < -0.4 is 4.18 Å². The van der Waals surface area contributed by atoms with Gasteiger partial charge in [-0.2, -0.15) is 21.6 Å². The van der Waals surface area contributed by atoms with Crippen LogP contribution in [0.5, 0.6) is 5.75 Å². The summed E-state index contributed by atoms with van der Waals surface area (Å²) in [7, 11) is -4.43. The highest BCUT2D eigenvalue weighted by atomic mass is 32.2. The van der Waals surface area contributed by atoms with Gasteiger partial charge in [0.15, 0.2) is 0 Å². The highest BCUT2D eigenvalue weighted by Gasteiger charge is 2.32. The van der Waals surface area contributed by atoms with Crippen molar-refractivity contribution in [3.05, 3.63) is 59.7 Å². The van der Waals surface area contributed by atoms with Crippen LogP contribution in [0.3, 0.4) is 0 Å². The second-order valence-corrected chi connectivity index (χ2v) is 8.22. The van der Waals surface area contributed by atoms with E-state index in [2.05, 4.69) is 0 Å². The summed E-state index contributed by atoms with van der Waals surface area (Å²) >= 11 is 0. The van der Waals surface area contributed by atoms with Gasteiger partial charge in [-0.05, 0) is 49.7 Å². The summed E-state index contributed by atoms with van der Waals surface area (Å²) in [6.07, 6.45) is -4.29. The lowest BCUT2D eigenvalue weighted by atomic mass is 10.1. The van der Waals surface area contributed by atoms with Gasteiger partial charge >= 0.3 is 16.3 Å². The fourth-order valence-electron chi connectivity index (χ4n) is 2.61. The largest absolute Gasteiger partial charge is 0.416 e. The quantitative estimate of drug-likeness (QED) is 0.603. The van der Waals surface area contributed by atoms with Crippen molar-refractivity contribution in [2.45, 2.75) is 50.9 Å². The minimum absolute atomic E-state index is 0.000312. The van der Waals surface area contributed by atoms with Gasteiger partial charge in [-0.15, -0.1) is 0 Å². The molecule has 0 radical (unpaired) electrons. The van der Waals surface area contributed by atoms with Crippen LogP contribution in [0, 0.1) is 0 Å². The molecule has 0 bridgehead atoms. The van der Waals surface area contributed by atoms with Crippen molar-refractivity contribution in [1.82, 2.24) is 4.90 Å². The van der Waals surface area contributed by atoms with Crippen molar-refractivity contribution in [3.8, 4) is 5.75 Å². The second kappa shape index (κ2) is 8.86. The molecule has 0 saturated heterocycles. The lowest BCUT2D eigenvalue weighted by Gasteiger charge is -2.26. The zero-order valence-electron chi connectivity index (χ0n) is 16.2. The van der Waals surface area contributed by atoms with Crippen molar-refractivity contribution in [2.24, 2.45) is 0 Å². The monoisotopic (exact) mass is 429 g/mol. The molecule has 2 aromatic rings. The molecule has 0 aliphatic carbocycles. The Balaban J connectivity index is 2.18. The van der Waals surface area contributed by atoms with E-state index in [-0.39, 0.29) is 17.7 Å². The molecule has 1 amide bonds. The van der Waals surface area contributed by atoms with E-state index in [1.54, 1.807) is 24.0 Å². The van der Waals surface area contributed by atoms with E-state index in [1.165, 1.54) is 12.1 Å². The number of amides is 1. The number of carbonyl (C=O) groups excluding carboxylic acids is 1. The third-order valence-electron chi connectivity index (χ3n) is 4.18. The molecular formula is C20H22F3NO4S. The molecule has 0 fully saturated rings. The summed E-state index contributed by atoms with van der Waals surface area (Å²) in [6.45, 7) is 5.91. The maximum absolute atomic E-state index is 12.8. The van der Waals surface area contributed by atoms with Crippen LogP contribution in [0.4, 0.5) is 13.2 Å². The van der Waals surface area contributed by atoms with Gasteiger partial charge in [0.1, 0.15) is 10.6 Å². The summed E-state index contributed by atoms with van der Waals surface area (Å²) < 4.78 is 68.0. The lowest BCUT2D eigenvalue weighted by molar-refractivity contribution is -0.137. The van der Waals surface area contributed by atoms with E-state index >= 15 is 0 Å². The zero-order chi connectivity index (χ0) is 21.8. The molecule has 0 unspecified atom stereocenters. The van der Waals surface area contributed by atoms with Gasteiger partial charge < -0.3 is 9.08 Å². The Bertz CT molecular complexity index is 954. The third-order valence-corrected chi connectivity index (χ3v) is 5.42. The average molecular weight is 429 g/mol. The first kappa shape index (κ1) is 22.7. The van der Waals surface area contributed by atoms with Crippen LogP contribution in [0.15, 0.2) is 53.4 Å². The van der Waals surface area contributed by atoms with Crippen LogP contribution >= 0.6 is 0 Å². The van der Waals surface area contributed by atoms with Crippen LogP contribution in [0.2, 0.25) is 0 Å². The van der Waals surface area contributed by atoms with E-state index in [9.17, 15) is 26.4 Å². The molecule has 0 atom stereocenters. The summed E-state index contributed by atoms with van der Waals surface area (Å²) in [6, 6.07) is 9.37. The van der Waals surface area contributed by atoms with Crippen molar-refractivity contribution >= 4 is 16.0 Å². The molecule has 29 heavy (non-hydrogen) atoms. The molecule has 2 aromatic carbocycles. The summed E-state index contributed by atoms with van der Waals surface area (Å²) in [5, 5.41) is 0. The topological polar surface area (TPSA) is 63.7 Å². The zero-order valence-corrected chi connectivity index (χ0v) is 17.0. The molecule has 0 saturated carbocycles. The normalized spacial score (nSPS) is 12.1. The number of alkyl halides is 3. The Morgan fingerprint density at radius 3 is 2.24 bits per heavy atom. The molecule has 2 rings (SSSR count). The summed E-state index contributed by atoms with van der Waals surface area (Å²) in [5.74, 6) is -0.0449. The number of carbonyl (C=O) groups is 1. The first-order valence-electron chi connectivity index (χ1n) is 8.94. The van der Waals surface area contributed by atoms with Crippen molar-refractivity contribution in [1.29, 1.82) is 0 Å². The fourth-order valence-corrected chi connectivity index (χ4v) is 3.59. The smallest absolute Gasteiger partial charge is 0.379 e. The van der Waals surface area contributed by atoms with Gasteiger partial charge in [-0.1, -0.05) is 25.1 Å². The highest BCUT2D eigenvalue weighted by molar-refractivity contribution is 7.87. The SMILES string of the molecule is CCC(=O)N(Cc1ccc(OS(=O)(=O)c2cccc(C(F)(F)F)c2)cc1)C(C)C. The van der Waals surface area contributed by atoms with Crippen molar-refractivity contribution in [3.63, 3.8) is 0 Å². The van der Waals surface area contributed by atoms with Crippen molar-refractivity contribution < 1.29 is 30.6 Å². The van der Waals surface area contributed by atoms with Gasteiger partial charge in [0.25, 0.3) is 0 Å². The van der Waals surface area contributed by atoms with Gasteiger partial charge in [-0.25, -0.2) is 0 Å². The molecule has 0 aromatic heterocycles. The Kier molecular flexibility index (Phi) is 6.94. The summed E-state index contributed by atoms with van der Waals surface area (Å²) in [4.78, 5) is 13.1. The van der Waals surface area contributed by atoms with Gasteiger partial charge in [0.2, 0.25) is 5.91 Å². The molecule has 0 spiro atoms.